The summed E-state index contributed by atoms with van der Waals surface area (Å²) >= 11 is 2.84. The van der Waals surface area contributed by atoms with Crippen molar-refractivity contribution in [1.82, 2.24) is 15.5 Å². The Balaban J connectivity index is 2.27. The van der Waals surface area contributed by atoms with Crippen molar-refractivity contribution in [3.63, 3.8) is 0 Å². The van der Waals surface area contributed by atoms with E-state index in [1.807, 2.05) is 6.92 Å². The van der Waals surface area contributed by atoms with Crippen LogP contribution in [0.1, 0.15) is 6.92 Å². The van der Waals surface area contributed by atoms with Gasteiger partial charge >= 0.3 is 0 Å². The van der Waals surface area contributed by atoms with Gasteiger partial charge in [0.25, 0.3) is 0 Å². The maximum absolute atomic E-state index is 11.5. The Hall–Kier alpha value is -0.660. The van der Waals surface area contributed by atoms with Gasteiger partial charge in [-0.25, -0.2) is 0 Å². The van der Waals surface area contributed by atoms with Gasteiger partial charge in [-0.05, 0) is 6.92 Å². The number of carbonyl (C=O) groups excluding carboxylic acids is 1. The first-order valence-corrected chi connectivity index (χ1v) is 6.19. The minimum absolute atomic E-state index is 0.00718. The molecule has 0 aliphatic carbocycles. The molecule has 1 rings (SSSR count). The van der Waals surface area contributed by atoms with Crippen LogP contribution in [0.25, 0.3) is 0 Å². The second-order valence-corrected chi connectivity index (χ2v) is 5.17. The van der Waals surface area contributed by atoms with Crippen LogP contribution >= 0.6 is 23.1 Å². The van der Waals surface area contributed by atoms with Gasteiger partial charge in [0.2, 0.25) is 5.91 Å². The molecule has 0 bridgehead atoms. The molecule has 0 spiro atoms. The summed E-state index contributed by atoms with van der Waals surface area (Å²) in [5, 5.41) is 10.2. The number of hydrogen-bond donors (Lipinski definition) is 1. The molecule has 1 aromatic heterocycles. The lowest BCUT2D eigenvalue weighted by atomic mass is 10.4. The SMILES string of the molecule is COCCNC(=O)C(C)Sc1nncs1. The van der Waals surface area contributed by atoms with Crippen LogP contribution in [0.2, 0.25) is 0 Å². The zero-order valence-corrected chi connectivity index (χ0v) is 10.2. The first-order valence-electron chi connectivity index (χ1n) is 4.43. The minimum atomic E-state index is -0.158. The Bertz CT molecular complexity index is 292. The van der Waals surface area contributed by atoms with E-state index in [-0.39, 0.29) is 11.2 Å². The molecule has 0 aromatic carbocycles. The van der Waals surface area contributed by atoms with Crippen LogP contribution in [0.15, 0.2) is 9.85 Å². The summed E-state index contributed by atoms with van der Waals surface area (Å²) in [4.78, 5) is 11.5. The minimum Gasteiger partial charge on any atom is -0.383 e. The lowest BCUT2D eigenvalue weighted by Crippen LogP contribution is -2.33. The van der Waals surface area contributed by atoms with Crippen molar-refractivity contribution in [2.45, 2.75) is 16.5 Å². The molecule has 1 unspecified atom stereocenters. The maximum atomic E-state index is 11.5. The van der Waals surface area contributed by atoms with Gasteiger partial charge in [0.15, 0.2) is 4.34 Å². The average Bonchev–Trinajstić information content (AvgIpc) is 2.70. The molecule has 0 aliphatic rings. The number of amides is 1. The summed E-state index contributed by atoms with van der Waals surface area (Å²) in [6, 6.07) is 0. The van der Waals surface area contributed by atoms with Crippen LogP contribution in [0.5, 0.6) is 0 Å². The smallest absolute Gasteiger partial charge is 0.233 e. The molecule has 1 amide bonds. The van der Waals surface area contributed by atoms with Crippen LogP contribution in [-0.2, 0) is 9.53 Å². The predicted octanol–water partition coefficient (Wildman–Crippen LogP) is 0.781. The molecule has 5 nitrogen and oxygen atoms in total. The number of hydrogen-bond acceptors (Lipinski definition) is 6. The maximum Gasteiger partial charge on any atom is 0.233 e. The normalized spacial score (nSPS) is 12.4. The molecule has 1 atom stereocenters. The first kappa shape index (κ1) is 12.4. The summed E-state index contributed by atoms with van der Waals surface area (Å²) in [5.41, 5.74) is 1.65. The molecule has 0 radical (unpaired) electrons. The molecule has 0 fully saturated rings. The third kappa shape index (κ3) is 4.59. The number of thioether (sulfide) groups is 1. The Labute approximate surface area is 96.6 Å². The highest BCUT2D eigenvalue weighted by atomic mass is 32.2. The molecule has 15 heavy (non-hydrogen) atoms. The number of nitrogens with zero attached hydrogens (tertiary/aromatic N) is 2. The topological polar surface area (TPSA) is 64.1 Å². The van der Waals surface area contributed by atoms with Gasteiger partial charge in [-0.3, -0.25) is 4.79 Å². The molecular weight excluding hydrogens is 234 g/mol. The van der Waals surface area contributed by atoms with E-state index in [0.717, 1.165) is 4.34 Å². The number of carbonyl (C=O) groups is 1. The largest absolute Gasteiger partial charge is 0.383 e. The molecule has 1 aromatic rings. The fourth-order valence-electron chi connectivity index (χ4n) is 0.839. The summed E-state index contributed by atoms with van der Waals surface area (Å²) in [5.74, 6) is -0.00718. The Kier molecular flexibility index (Phi) is 5.59. The molecule has 1 N–H and O–H groups in total. The van der Waals surface area contributed by atoms with Gasteiger partial charge in [0, 0.05) is 13.7 Å². The molecule has 0 saturated carbocycles. The standard InChI is InChI=1S/C8H13N3O2S2/c1-6(7(12)9-3-4-13-2)15-8-11-10-5-14-8/h5-6H,3-4H2,1-2H3,(H,9,12). The molecular formula is C8H13N3O2S2. The number of nitrogens with one attached hydrogen (secondary N) is 1. The second-order valence-electron chi connectivity index (χ2n) is 2.75. The van der Waals surface area contributed by atoms with Crippen molar-refractivity contribution in [1.29, 1.82) is 0 Å². The van der Waals surface area contributed by atoms with Gasteiger partial charge < -0.3 is 10.1 Å². The van der Waals surface area contributed by atoms with E-state index in [4.69, 9.17) is 4.74 Å². The van der Waals surface area contributed by atoms with Crippen LogP contribution in [-0.4, -0.2) is 41.6 Å². The number of ether oxygens (including phenoxy) is 1. The fourth-order valence-corrected chi connectivity index (χ4v) is 2.49. The quantitative estimate of drug-likeness (QED) is 0.594. The van der Waals surface area contributed by atoms with Gasteiger partial charge in [-0.15, -0.1) is 10.2 Å². The Morgan fingerprint density at radius 2 is 2.60 bits per heavy atom. The van der Waals surface area contributed by atoms with Crippen LogP contribution in [0, 0.1) is 0 Å². The third-order valence-electron chi connectivity index (χ3n) is 1.59. The van der Waals surface area contributed by atoms with Gasteiger partial charge in [-0.2, -0.15) is 0 Å². The Morgan fingerprint density at radius 1 is 1.80 bits per heavy atom. The zero-order chi connectivity index (χ0) is 11.1. The van der Waals surface area contributed by atoms with E-state index in [1.54, 1.807) is 12.6 Å². The summed E-state index contributed by atoms with van der Waals surface area (Å²) < 4.78 is 5.65. The van der Waals surface area contributed by atoms with E-state index in [1.165, 1.54) is 23.1 Å². The van der Waals surface area contributed by atoms with Crippen molar-refractivity contribution in [2.24, 2.45) is 0 Å². The van der Waals surface area contributed by atoms with Crippen molar-refractivity contribution in [3.8, 4) is 0 Å². The van der Waals surface area contributed by atoms with Crippen molar-refractivity contribution in [2.75, 3.05) is 20.3 Å². The Morgan fingerprint density at radius 3 is 3.20 bits per heavy atom. The van der Waals surface area contributed by atoms with E-state index in [9.17, 15) is 4.79 Å². The highest BCUT2D eigenvalue weighted by Crippen LogP contribution is 2.23. The average molecular weight is 247 g/mol. The van der Waals surface area contributed by atoms with E-state index < -0.39 is 0 Å². The van der Waals surface area contributed by atoms with E-state index in [2.05, 4.69) is 15.5 Å². The first-order chi connectivity index (χ1) is 7.24. The van der Waals surface area contributed by atoms with Crippen LogP contribution in [0.3, 0.4) is 0 Å². The van der Waals surface area contributed by atoms with E-state index in [0.29, 0.717) is 13.2 Å². The molecule has 0 saturated heterocycles. The summed E-state index contributed by atoms with van der Waals surface area (Å²) in [7, 11) is 1.60. The molecule has 0 aliphatic heterocycles. The summed E-state index contributed by atoms with van der Waals surface area (Å²) in [6.45, 7) is 2.91. The van der Waals surface area contributed by atoms with Crippen LogP contribution < -0.4 is 5.32 Å². The van der Waals surface area contributed by atoms with Gasteiger partial charge in [0.05, 0.1) is 11.9 Å². The van der Waals surface area contributed by atoms with Gasteiger partial charge in [-0.1, -0.05) is 23.1 Å². The van der Waals surface area contributed by atoms with Crippen molar-refractivity contribution >= 4 is 29.0 Å². The second kappa shape index (κ2) is 6.76. The number of methoxy groups -OCH3 is 1. The number of aromatic nitrogens is 2. The lowest BCUT2D eigenvalue weighted by Gasteiger charge is -2.09. The highest BCUT2D eigenvalue weighted by molar-refractivity contribution is 8.02. The lowest BCUT2D eigenvalue weighted by molar-refractivity contribution is -0.120. The van der Waals surface area contributed by atoms with Gasteiger partial charge in [0.1, 0.15) is 5.51 Å². The zero-order valence-electron chi connectivity index (χ0n) is 8.60. The predicted molar refractivity (Wildman–Crippen MR) is 60.1 cm³/mol. The monoisotopic (exact) mass is 247 g/mol. The van der Waals surface area contributed by atoms with Crippen molar-refractivity contribution in [3.05, 3.63) is 5.51 Å². The van der Waals surface area contributed by atoms with Crippen molar-refractivity contribution < 1.29 is 9.53 Å². The number of rotatable bonds is 6. The third-order valence-corrected chi connectivity index (χ3v) is 3.50. The molecule has 1 heterocycles. The van der Waals surface area contributed by atoms with E-state index >= 15 is 0 Å². The molecule has 84 valence electrons. The van der Waals surface area contributed by atoms with Crippen LogP contribution in [0.4, 0.5) is 0 Å². The summed E-state index contributed by atoms with van der Waals surface area (Å²) in [6.07, 6.45) is 0. The fraction of sp³-hybridized carbons (Fsp3) is 0.625. The molecule has 7 heteroatoms. The highest BCUT2D eigenvalue weighted by Gasteiger charge is 2.15.